The van der Waals surface area contributed by atoms with Gasteiger partial charge in [0.05, 0.1) is 6.61 Å². The standard InChI is InChI=1S/C26H25F3N6O/c27-26(28,29)24(34-13-18-10-19(34)11-30-18)17-7-9-22-32-33-25(35(22)12-17)20-8-6-16-2-1-3-21(23(16)31-20)36-14-15-4-5-15/h1-3,6-9,12,15,18-19,24,30H,4-5,10-11,13-14H2/t18-,19-,24-/m0/s1. The molecule has 3 fully saturated rings. The van der Waals surface area contributed by atoms with Crippen molar-refractivity contribution in [1.29, 1.82) is 0 Å². The summed E-state index contributed by atoms with van der Waals surface area (Å²) in [5.74, 6) is 1.70. The van der Waals surface area contributed by atoms with Crippen molar-refractivity contribution in [2.45, 2.75) is 43.6 Å². The molecular formula is C26H25F3N6O. The molecule has 0 radical (unpaired) electrons. The number of nitrogens with one attached hydrogen (secondary N) is 1. The monoisotopic (exact) mass is 494 g/mol. The van der Waals surface area contributed by atoms with Crippen LogP contribution >= 0.6 is 0 Å². The van der Waals surface area contributed by atoms with Crippen molar-refractivity contribution in [3.63, 3.8) is 0 Å². The van der Waals surface area contributed by atoms with E-state index in [9.17, 15) is 13.2 Å². The second-order valence-electron chi connectivity index (χ2n) is 10.1. The van der Waals surface area contributed by atoms with E-state index in [0.717, 1.165) is 11.8 Å². The lowest BCUT2D eigenvalue weighted by Crippen LogP contribution is -2.49. The van der Waals surface area contributed by atoms with Crippen LogP contribution in [-0.2, 0) is 0 Å². The number of benzene rings is 1. The van der Waals surface area contributed by atoms with E-state index in [4.69, 9.17) is 9.72 Å². The van der Waals surface area contributed by atoms with Gasteiger partial charge in [-0.25, -0.2) is 4.98 Å². The molecule has 5 heterocycles. The van der Waals surface area contributed by atoms with Crippen molar-refractivity contribution in [1.82, 2.24) is 29.8 Å². The minimum Gasteiger partial charge on any atom is -0.491 e. The van der Waals surface area contributed by atoms with Gasteiger partial charge in [-0.1, -0.05) is 24.3 Å². The average Bonchev–Trinajstić information content (AvgIpc) is 3.23. The topological polar surface area (TPSA) is 67.6 Å². The lowest BCUT2D eigenvalue weighted by atomic mass is 10.1. The van der Waals surface area contributed by atoms with Crippen molar-refractivity contribution in [2.75, 3.05) is 19.7 Å². The van der Waals surface area contributed by atoms with Crippen molar-refractivity contribution in [2.24, 2.45) is 5.92 Å². The number of hydrogen-bond donors (Lipinski definition) is 1. The van der Waals surface area contributed by atoms with Gasteiger partial charge in [-0.15, -0.1) is 10.2 Å². The van der Waals surface area contributed by atoms with Gasteiger partial charge in [-0.2, -0.15) is 13.2 Å². The summed E-state index contributed by atoms with van der Waals surface area (Å²) < 4.78 is 50.7. The molecule has 2 bridgehead atoms. The van der Waals surface area contributed by atoms with Crippen LogP contribution < -0.4 is 10.1 Å². The van der Waals surface area contributed by atoms with Crippen LogP contribution in [0.25, 0.3) is 28.1 Å². The van der Waals surface area contributed by atoms with E-state index in [1.165, 1.54) is 25.1 Å². The number of pyridine rings is 2. The second kappa shape index (κ2) is 8.14. The quantitative estimate of drug-likeness (QED) is 0.429. The maximum Gasteiger partial charge on any atom is 0.408 e. The highest BCUT2D eigenvalue weighted by Gasteiger charge is 2.51. The molecule has 7 rings (SSSR count). The highest BCUT2D eigenvalue weighted by atomic mass is 19.4. The van der Waals surface area contributed by atoms with E-state index in [1.807, 2.05) is 30.3 Å². The van der Waals surface area contributed by atoms with Gasteiger partial charge < -0.3 is 10.1 Å². The summed E-state index contributed by atoms with van der Waals surface area (Å²) in [5.41, 5.74) is 1.89. The third-order valence-electron chi connectivity index (χ3n) is 7.57. The van der Waals surface area contributed by atoms with Gasteiger partial charge in [0.2, 0.25) is 0 Å². The Morgan fingerprint density at radius 1 is 1.08 bits per heavy atom. The van der Waals surface area contributed by atoms with Gasteiger partial charge in [-0.3, -0.25) is 9.30 Å². The predicted molar refractivity (Wildman–Crippen MR) is 128 cm³/mol. The molecule has 3 aliphatic rings. The molecule has 2 aliphatic heterocycles. The molecule has 3 atom stereocenters. The molecule has 3 aromatic heterocycles. The van der Waals surface area contributed by atoms with E-state index in [1.54, 1.807) is 15.4 Å². The third kappa shape index (κ3) is 3.79. The molecule has 1 aliphatic carbocycles. The smallest absolute Gasteiger partial charge is 0.408 e. The van der Waals surface area contributed by atoms with Crippen molar-refractivity contribution >= 4 is 16.6 Å². The van der Waals surface area contributed by atoms with Gasteiger partial charge >= 0.3 is 6.18 Å². The molecule has 36 heavy (non-hydrogen) atoms. The van der Waals surface area contributed by atoms with E-state index in [-0.39, 0.29) is 17.6 Å². The minimum atomic E-state index is -4.40. The Hall–Kier alpha value is -3.24. The van der Waals surface area contributed by atoms with E-state index >= 15 is 0 Å². The van der Waals surface area contributed by atoms with Gasteiger partial charge in [-0.05, 0) is 48.9 Å². The first kappa shape index (κ1) is 22.0. The maximum atomic E-state index is 14.4. The first-order valence-corrected chi connectivity index (χ1v) is 12.4. The molecule has 4 aromatic rings. The SMILES string of the molecule is FC(F)(F)[C@H](c1ccc2nnc(-c3ccc4cccc(OCC5CC5)c4n3)n2c1)N1C[C@@H]2C[C@H]1CN2. The summed E-state index contributed by atoms with van der Waals surface area (Å²) in [6, 6.07) is 11.0. The molecule has 2 saturated heterocycles. The van der Waals surface area contributed by atoms with Crippen molar-refractivity contribution in [3.05, 3.63) is 54.2 Å². The summed E-state index contributed by atoms with van der Waals surface area (Å²) in [7, 11) is 0. The third-order valence-corrected chi connectivity index (χ3v) is 7.57. The van der Waals surface area contributed by atoms with Crippen molar-refractivity contribution < 1.29 is 17.9 Å². The maximum absolute atomic E-state index is 14.4. The summed E-state index contributed by atoms with van der Waals surface area (Å²) in [6.07, 6.45) is 0.237. The number of rotatable bonds is 6. The van der Waals surface area contributed by atoms with E-state index in [0.29, 0.717) is 54.0 Å². The van der Waals surface area contributed by atoms with Crippen LogP contribution in [0.4, 0.5) is 13.2 Å². The molecule has 0 amide bonds. The Kier molecular flexibility index (Phi) is 4.97. The molecule has 1 saturated carbocycles. The Morgan fingerprint density at radius 2 is 1.97 bits per heavy atom. The number of alkyl halides is 3. The van der Waals surface area contributed by atoms with Crippen LogP contribution in [0.5, 0.6) is 5.75 Å². The average molecular weight is 495 g/mol. The molecule has 1 aromatic carbocycles. The number of piperazine rings is 1. The Balaban J connectivity index is 1.29. The Bertz CT molecular complexity index is 1450. The number of fused-ring (bicyclic) bond motifs is 4. The molecule has 7 nitrogen and oxygen atoms in total. The summed E-state index contributed by atoms with van der Waals surface area (Å²) in [6.45, 7) is 1.64. The fourth-order valence-corrected chi connectivity index (χ4v) is 5.57. The second-order valence-corrected chi connectivity index (χ2v) is 10.1. The molecule has 1 N–H and O–H groups in total. The highest BCUT2D eigenvalue weighted by Crippen LogP contribution is 2.43. The fraction of sp³-hybridized carbons (Fsp3) is 0.423. The molecular weight excluding hydrogens is 469 g/mol. The predicted octanol–water partition coefficient (Wildman–Crippen LogP) is 4.38. The van der Waals surface area contributed by atoms with Gasteiger partial charge in [0.15, 0.2) is 11.5 Å². The van der Waals surface area contributed by atoms with Gasteiger partial charge in [0, 0.05) is 36.8 Å². The van der Waals surface area contributed by atoms with Crippen LogP contribution in [-0.4, -0.2) is 62.4 Å². The van der Waals surface area contributed by atoms with Crippen LogP contribution in [0.2, 0.25) is 0 Å². The molecule has 0 unspecified atom stereocenters. The van der Waals surface area contributed by atoms with Gasteiger partial charge in [0.1, 0.15) is 23.0 Å². The normalized spacial score (nSPS) is 23.1. The van der Waals surface area contributed by atoms with E-state index < -0.39 is 12.2 Å². The summed E-state index contributed by atoms with van der Waals surface area (Å²) in [5, 5.41) is 12.7. The molecule has 10 heteroatoms. The number of halogens is 3. The number of hydrogen-bond acceptors (Lipinski definition) is 6. The summed E-state index contributed by atoms with van der Waals surface area (Å²) >= 11 is 0. The first-order chi connectivity index (χ1) is 17.4. The Morgan fingerprint density at radius 3 is 2.72 bits per heavy atom. The number of nitrogens with zero attached hydrogens (tertiary/aromatic N) is 5. The van der Waals surface area contributed by atoms with Gasteiger partial charge in [0.25, 0.3) is 0 Å². The Labute approximate surface area is 205 Å². The molecule has 0 spiro atoms. The fourth-order valence-electron chi connectivity index (χ4n) is 5.57. The largest absolute Gasteiger partial charge is 0.491 e. The lowest BCUT2D eigenvalue weighted by Gasteiger charge is -2.36. The van der Waals surface area contributed by atoms with Crippen LogP contribution in [0.3, 0.4) is 0 Å². The first-order valence-electron chi connectivity index (χ1n) is 12.4. The van der Waals surface area contributed by atoms with Crippen LogP contribution in [0, 0.1) is 5.92 Å². The highest BCUT2D eigenvalue weighted by molar-refractivity contribution is 5.86. The number of aromatic nitrogens is 4. The van der Waals surface area contributed by atoms with E-state index in [2.05, 4.69) is 15.5 Å². The van der Waals surface area contributed by atoms with Crippen LogP contribution in [0.15, 0.2) is 48.7 Å². The zero-order valence-electron chi connectivity index (χ0n) is 19.4. The number of likely N-dealkylation sites (tertiary alicyclic amines) is 1. The lowest BCUT2D eigenvalue weighted by molar-refractivity contribution is -0.190. The summed E-state index contributed by atoms with van der Waals surface area (Å²) in [4.78, 5) is 6.40. The number of para-hydroxylation sites is 1. The number of ether oxygens (including phenoxy) is 1. The minimum absolute atomic E-state index is 0.117. The molecule has 186 valence electrons. The zero-order valence-corrected chi connectivity index (χ0v) is 19.4. The zero-order chi connectivity index (χ0) is 24.4. The van der Waals surface area contributed by atoms with Crippen molar-refractivity contribution in [3.8, 4) is 17.3 Å². The van der Waals surface area contributed by atoms with Crippen LogP contribution in [0.1, 0.15) is 30.9 Å².